The van der Waals surface area contributed by atoms with E-state index in [2.05, 4.69) is 10.4 Å². The van der Waals surface area contributed by atoms with Gasteiger partial charge in [-0.05, 0) is 0 Å². The summed E-state index contributed by atoms with van der Waals surface area (Å²) < 4.78 is 33.5. The van der Waals surface area contributed by atoms with Crippen LogP contribution in [0.2, 0.25) is 0 Å². The number of nitrogens with zero attached hydrogens (tertiary/aromatic N) is 2. The Hall–Kier alpha value is -2.32. The molecule has 1 amide bonds. The molecule has 0 aliphatic heterocycles. The van der Waals surface area contributed by atoms with E-state index in [4.69, 9.17) is 0 Å². The van der Waals surface area contributed by atoms with E-state index >= 15 is 0 Å². The molecule has 1 aromatic heterocycles. The summed E-state index contributed by atoms with van der Waals surface area (Å²) in [5.74, 6) is -0.854. The number of aryl methyl sites for hydroxylation is 1. The zero-order valence-corrected chi connectivity index (χ0v) is 12.7. The van der Waals surface area contributed by atoms with Gasteiger partial charge in [-0.25, -0.2) is 8.42 Å². The highest BCUT2D eigenvalue weighted by atomic mass is 32.2. The van der Waals surface area contributed by atoms with Crippen LogP contribution in [-0.2, 0) is 16.7 Å². The minimum absolute atomic E-state index is 0.0698. The average molecular weight is 321 g/mol. The van der Waals surface area contributed by atoms with Gasteiger partial charge in [0, 0.05) is 23.8 Å². The van der Waals surface area contributed by atoms with Crippen molar-refractivity contribution in [3.05, 3.63) is 48.2 Å². The molecule has 0 bridgehead atoms. The van der Waals surface area contributed by atoms with Crippen LogP contribution in [-0.4, -0.2) is 36.8 Å². The van der Waals surface area contributed by atoms with E-state index in [0.29, 0.717) is 11.3 Å². The Balaban J connectivity index is 2.44. The molecule has 7 nitrogen and oxygen atoms in total. The van der Waals surface area contributed by atoms with Crippen LogP contribution < -0.4 is 10.00 Å². The Labute approximate surface area is 128 Å². The van der Waals surface area contributed by atoms with Gasteiger partial charge in [0.05, 0.1) is 11.3 Å². The lowest BCUT2D eigenvalue weighted by atomic mass is 10.1. The second-order valence-corrected chi connectivity index (χ2v) is 6.07. The van der Waals surface area contributed by atoms with E-state index in [1.165, 1.54) is 17.9 Å². The number of nitrogens with one attached hydrogen (secondary N) is 1. The summed E-state index contributed by atoms with van der Waals surface area (Å²) in [7, 11) is -2.80. The standard InChI is InChI=1S/C14H15N3O4S/c1-15-14(18)12-7-8-17(9-10-22(19,20)21)16-13(12)11-5-3-2-4-6-11/h2-8H,9-10H2,1H3,(H-,15,18,19,20,21). The number of benzene rings is 1. The Kier molecular flexibility index (Phi) is 4.84. The SMILES string of the molecule is CNC(=O)c1cc[n+](CCS(=O)(=O)[O-])nc1-c1ccccc1. The second-order valence-electron chi connectivity index (χ2n) is 4.55. The van der Waals surface area contributed by atoms with E-state index in [-0.39, 0.29) is 12.5 Å². The number of carbonyl (C=O) groups excluding carboxylic acids is 1. The van der Waals surface area contributed by atoms with Crippen molar-refractivity contribution in [2.24, 2.45) is 0 Å². The fourth-order valence-corrected chi connectivity index (χ4v) is 2.32. The van der Waals surface area contributed by atoms with E-state index < -0.39 is 15.9 Å². The third kappa shape index (κ3) is 4.09. The van der Waals surface area contributed by atoms with Crippen LogP contribution in [0.3, 0.4) is 0 Å². The Morgan fingerprint density at radius 1 is 1.27 bits per heavy atom. The van der Waals surface area contributed by atoms with Crippen molar-refractivity contribution in [1.82, 2.24) is 10.4 Å². The van der Waals surface area contributed by atoms with E-state index in [1.807, 2.05) is 18.2 Å². The van der Waals surface area contributed by atoms with Crippen LogP contribution >= 0.6 is 0 Å². The molecule has 116 valence electrons. The van der Waals surface area contributed by atoms with Gasteiger partial charge < -0.3 is 9.87 Å². The maximum absolute atomic E-state index is 11.9. The van der Waals surface area contributed by atoms with Gasteiger partial charge in [0.25, 0.3) is 5.91 Å². The highest BCUT2D eigenvalue weighted by molar-refractivity contribution is 7.85. The number of hydrogen-bond acceptors (Lipinski definition) is 5. The van der Waals surface area contributed by atoms with Gasteiger partial charge in [-0.15, -0.1) is 0 Å². The first-order valence-corrected chi connectivity index (χ1v) is 8.10. The summed E-state index contributed by atoms with van der Waals surface area (Å²) in [4.78, 5) is 11.9. The van der Waals surface area contributed by atoms with Gasteiger partial charge in [0.1, 0.15) is 10.1 Å². The van der Waals surface area contributed by atoms with Crippen molar-refractivity contribution in [1.29, 1.82) is 0 Å². The van der Waals surface area contributed by atoms with Crippen LogP contribution in [0, 0.1) is 0 Å². The zero-order valence-electron chi connectivity index (χ0n) is 11.9. The van der Waals surface area contributed by atoms with Crippen molar-refractivity contribution in [2.45, 2.75) is 6.54 Å². The summed E-state index contributed by atoms with van der Waals surface area (Å²) in [5, 5.41) is 6.80. The maximum Gasteiger partial charge on any atom is 0.253 e. The molecule has 0 aliphatic carbocycles. The molecule has 0 radical (unpaired) electrons. The third-order valence-corrected chi connectivity index (χ3v) is 3.67. The lowest BCUT2D eigenvalue weighted by Gasteiger charge is -2.07. The summed E-state index contributed by atoms with van der Waals surface area (Å²) in [6.07, 6.45) is 1.47. The number of hydrogen-bond donors (Lipinski definition) is 1. The molecule has 1 N–H and O–H groups in total. The highest BCUT2D eigenvalue weighted by Gasteiger charge is 2.18. The molecule has 0 saturated carbocycles. The molecule has 2 aromatic rings. The summed E-state index contributed by atoms with van der Waals surface area (Å²) in [5.41, 5.74) is 1.51. The molecule has 1 heterocycles. The van der Waals surface area contributed by atoms with E-state index in [0.717, 1.165) is 5.56 Å². The zero-order chi connectivity index (χ0) is 16.2. The minimum Gasteiger partial charge on any atom is -0.748 e. The van der Waals surface area contributed by atoms with Crippen molar-refractivity contribution < 1.29 is 22.4 Å². The van der Waals surface area contributed by atoms with Gasteiger partial charge in [-0.3, -0.25) is 4.79 Å². The van der Waals surface area contributed by atoms with Crippen LogP contribution in [0.5, 0.6) is 0 Å². The summed E-state index contributed by atoms with van der Waals surface area (Å²) >= 11 is 0. The monoisotopic (exact) mass is 321 g/mol. The predicted octanol–water partition coefficient (Wildman–Crippen LogP) is -0.0591. The van der Waals surface area contributed by atoms with E-state index in [1.54, 1.807) is 18.2 Å². The average Bonchev–Trinajstić information content (AvgIpc) is 2.52. The number of carbonyl (C=O) groups is 1. The van der Waals surface area contributed by atoms with Crippen LogP contribution in [0.4, 0.5) is 0 Å². The summed E-state index contributed by atoms with van der Waals surface area (Å²) in [6.45, 7) is -0.0698. The Morgan fingerprint density at radius 3 is 2.55 bits per heavy atom. The molecule has 0 spiro atoms. The fraction of sp³-hybridized carbons (Fsp3) is 0.214. The van der Waals surface area contributed by atoms with Gasteiger partial charge in [0.15, 0.2) is 18.4 Å². The number of aromatic nitrogens is 2. The maximum atomic E-state index is 11.9. The smallest absolute Gasteiger partial charge is 0.253 e. The molecule has 0 aliphatic rings. The topological polar surface area (TPSA) is 103 Å². The first kappa shape index (κ1) is 16.1. The van der Waals surface area contributed by atoms with Crippen LogP contribution in [0.1, 0.15) is 10.4 Å². The predicted molar refractivity (Wildman–Crippen MR) is 77.8 cm³/mol. The number of amides is 1. The van der Waals surface area contributed by atoms with Gasteiger partial charge in [0.2, 0.25) is 0 Å². The molecule has 22 heavy (non-hydrogen) atoms. The van der Waals surface area contributed by atoms with Crippen molar-refractivity contribution >= 4 is 16.0 Å². The van der Waals surface area contributed by atoms with Gasteiger partial charge in [-0.1, -0.05) is 35.0 Å². The molecule has 8 heteroatoms. The number of rotatable bonds is 5. The highest BCUT2D eigenvalue weighted by Crippen LogP contribution is 2.19. The van der Waals surface area contributed by atoms with Gasteiger partial charge >= 0.3 is 0 Å². The fourth-order valence-electron chi connectivity index (χ4n) is 1.91. The molecular weight excluding hydrogens is 306 g/mol. The first-order valence-electron chi connectivity index (χ1n) is 6.52. The van der Waals surface area contributed by atoms with Crippen LogP contribution in [0.25, 0.3) is 11.3 Å². The van der Waals surface area contributed by atoms with E-state index in [9.17, 15) is 17.8 Å². The normalized spacial score (nSPS) is 11.2. The lowest BCUT2D eigenvalue weighted by Crippen LogP contribution is -2.41. The molecule has 2 rings (SSSR count). The molecule has 0 atom stereocenters. The van der Waals surface area contributed by atoms with Crippen molar-refractivity contribution in [2.75, 3.05) is 12.8 Å². The quantitative estimate of drug-likeness (QED) is 0.614. The van der Waals surface area contributed by atoms with Crippen molar-refractivity contribution in [3.8, 4) is 11.3 Å². The lowest BCUT2D eigenvalue weighted by molar-refractivity contribution is -0.749. The van der Waals surface area contributed by atoms with Gasteiger partial charge in [-0.2, -0.15) is 0 Å². The van der Waals surface area contributed by atoms with Crippen LogP contribution in [0.15, 0.2) is 42.6 Å². The first-order chi connectivity index (χ1) is 10.4. The largest absolute Gasteiger partial charge is 0.748 e. The Bertz CT molecular complexity index is 776. The summed E-state index contributed by atoms with van der Waals surface area (Å²) in [6, 6.07) is 10.6. The Morgan fingerprint density at radius 2 is 1.95 bits per heavy atom. The molecular formula is C14H15N3O4S. The molecule has 0 unspecified atom stereocenters. The second kappa shape index (κ2) is 6.63. The third-order valence-electron chi connectivity index (χ3n) is 2.99. The minimum atomic E-state index is -4.32. The molecule has 0 fully saturated rings. The molecule has 0 saturated heterocycles. The van der Waals surface area contributed by atoms with Crippen molar-refractivity contribution in [3.63, 3.8) is 0 Å². The molecule has 1 aromatic carbocycles.